The maximum absolute atomic E-state index is 11.3. The summed E-state index contributed by atoms with van der Waals surface area (Å²) in [6, 6.07) is 13.6. The summed E-state index contributed by atoms with van der Waals surface area (Å²) in [7, 11) is 0. The molecule has 24 heavy (non-hydrogen) atoms. The van der Waals surface area contributed by atoms with E-state index in [1.807, 2.05) is 6.92 Å². The number of hydrogen-bond donors (Lipinski definition) is 1. The number of halogens is 1. The number of rotatable bonds is 3. The monoisotopic (exact) mass is 345 g/mol. The van der Waals surface area contributed by atoms with E-state index < -0.39 is 10.7 Å². The lowest BCUT2D eigenvalue weighted by molar-refractivity contribution is -0.391. The van der Waals surface area contributed by atoms with Crippen LogP contribution >= 0.6 is 11.6 Å². The SMILES string of the molecule is Cc1ccc(N=c2c([N+](=O)[O-])nn(-c3ccccc3)n2O)c(Cl)c1. The highest BCUT2D eigenvalue weighted by atomic mass is 35.5. The fourth-order valence-electron chi connectivity index (χ4n) is 2.11. The van der Waals surface area contributed by atoms with Crippen LogP contribution in [0.15, 0.2) is 53.5 Å². The highest BCUT2D eigenvalue weighted by Crippen LogP contribution is 2.25. The Morgan fingerprint density at radius 3 is 2.58 bits per heavy atom. The van der Waals surface area contributed by atoms with Gasteiger partial charge in [0.2, 0.25) is 0 Å². The Morgan fingerprint density at radius 1 is 1.25 bits per heavy atom. The van der Waals surface area contributed by atoms with E-state index in [-0.39, 0.29) is 5.49 Å². The number of aromatic nitrogens is 3. The first-order valence-corrected chi connectivity index (χ1v) is 7.27. The largest absolute Gasteiger partial charge is 0.438 e. The quantitative estimate of drug-likeness (QED) is 0.448. The van der Waals surface area contributed by atoms with Gasteiger partial charge in [-0.05, 0) is 46.5 Å². The van der Waals surface area contributed by atoms with Crippen molar-refractivity contribution in [2.75, 3.05) is 0 Å². The molecular formula is C15H12ClN5O3. The number of nitro groups is 1. The molecule has 3 aromatic rings. The second kappa shape index (κ2) is 6.17. The number of benzene rings is 2. The van der Waals surface area contributed by atoms with Gasteiger partial charge >= 0.3 is 5.82 Å². The minimum Gasteiger partial charge on any atom is -0.409 e. The summed E-state index contributed by atoms with van der Waals surface area (Å²) in [4.78, 5) is 16.2. The van der Waals surface area contributed by atoms with Crippen LogP contribution in [0.25, 0.3) is 5.69 Å². The maximum atomic E-state index is 11.3. The molecule has 0 spiro atoms. The summed E-state index contributed by atoms with van der Waals surface area (Å²) in [5.74, 6) is -0.585. The summed E-state index contributed by atoms with van der Waals surface area (Å²) in [6.45, 7) is 1.86. The Labute approximate surface area is 141 Å². The summed E-state index contributed by atoms with van der Waals surface area (Å²) in [5, 5.41) is 25.7. The van der Waals surface area contributed by atoms with Crippen molar-refractivity contribution < 1.29 is 10.1 Å². The molecule has 0 atom stereocenters. The molecule has 1 heterocycles. The summed E-state index contributed by atoms with van der Waals surface area (Å²) >= 11 is 6.11. The van der Waals surface area contributed by atoms with E-state index in [4.69, 9.17) is 11.6 Å². The smallest absolute Gasteiger partial charge is 0.409 e. The lowest BCUT2D eigenvalue weighted by Gasteiger charge is -2.00. The first-order chi connectivity index (χ1) is 11.5. The molecule has 0 saturated heterocycles. The molecule has 0 amide bonds. The van der Waals surface area contributed by atoms with Crippen LogP contribution in [-0.4, -0.2) is 24.9 Å². The van der Waals surface area contributed by atoms with Gasteiger partial charge in [0.05, 0.1) is 15.8 Å². The number of aryl methyl sites for hydroxylation is 1. The molecule has 3 rings (SSSR count). The minimum absolute atomic E-state index is 0.292. The van der Waals surface area contributed by atoms with Crippen molar-refractivity contribution in [1.29, 1.82) is 0 Å². The van der Waals surface area contributed by atoms with Gasteiger partial charge in [0, 0.05) is 0 Å². The van der Waals surface area contributed by atoms with Gasteiger partial charge in [-0.2, -0.15) is 0 Å². The van der Waals surface area contributed by atoms with Crippen molar-refractivity contribution in [3.63, 3.8) is 0 Å². The van der Waals surface area contributed by atoms with Crippen LogP contribution in [0.3, 0.4) is 0 Å². The van der Waals surface area contributed by atoms with E-state index in [9.17, 15) is 15.3 Å². The lowest BCUT2D eigenvalue weighted by Crippen LogP contribution is -2.22. The molecule has 0 bridgehead atoms. The van der Waals surface area contributed by atoms with E-state index in [1.165, 1.54) is 0 Å². The minimum atomic E-state index is -0.715. The zero-order valence-electron chi connectivity index (χ0n) is 12.5. The normalized spacial score (nSPS) is 11.7. The van der Waals surface area contributed by atoms with Crippen LogP contribution in [0.2, 0.25) is 5.02 Å². The van der Waals surface area contributed by atoms with Crippen molar-refractivity contribution >= 4 is 23.1 Å². The molecule has 0 radical (unpaired) electrons. The summed E-state index contributed by atoms with van der Waals surface area (Å²) < 4.78 is 0. The maximum Gasteiger partial charge on any atom is 0.438 e. The van der Waals surface area contributed by atoms with E-state index in [2.05, 4.69) is 10.1 Å². The van der Waals surface area contributed by atoms with Gasteiger partial charge < -0.3 is 15.3 Å². The summed E-state index contributed by atoms with van der Waals surface area (Å²) in [5.41, 5.74) is 1.33. The zero-order chi connectivity index (χ0) is 17.3. The molecule has 0 unspecified atom stereocenters. The molecule has 0 aliphatic carbocycles. The highest BCUT2D eigenvalue weighted by molar-refractivity contribution is 6.33. The van der Waals surface area contributed by atoms with Gasteiger partial charge in [-0.25, -0.2) is 4.99 Å². The number of nitrogens with zero attached hydrogens (tertiary/aromatic N) is 5. The molecular weight excluding hydrogens is 334 g/mol. The average molecular weight is 346 g/mol. The predicted molar refractivity (Wildman–Crippen MR) is 86.8 cm³/mol. The van der Waals surface area contributed by atoms with Gasteiger partial charge in [-0.15, -0.1) is 0 Å². The second-order valence-electron chi connectivity index (χ2n) is 4.99. The third kappa shape index (κ3) is 2.86. The first kappa shape index (κ1) is 15.8. The molecule has 1 aromatic heterocycles. The fraction of sp³-hybridized carbons (Fsp3) is 0.0667. The molecule has 0 aliphatic heterocycles. The van der Waals surface area contributed by atoms with Gasteiger partial charge in [0.15, 0.2) is 0 Å². The first-order valence-electron chi connectivity index (χ1n) is 6.89. The van der Waals surface area contributed by atoms with E-state index in [0.29, 0.717) is 21.2 Å². The summed E-state index contributed by atoms with van der Waals surface area (Å²) in [6.07, 6.45) is 0. The van der Waals surface area contributed by atoms with Crippen LogP contribution in [0.1, 0.15) is 5.56 Å². The average Bonchev–Trinajstić information content (AvgIpc) is 2.88. The molecule has 1 N–H and O–H groups in total. The van der Waals surface area contributed by atoms with Gasteiger partial charge in [0.25, 0.3) is 5.49 Å². The Balaban J connectivity index is 2.25. The third-order valence-corrected chi connectivity index (χ3v) is 3.55. The number of para-hydroxylation sites is 1. The van der Waals surface area contributed by atoms with Crippen LogP contribution in [0.5, 0.6) is 0 Å². The molecule has 0 aliphatic rings. The van der Waals surface area contributed by atoms with Crippen LogP contribution in [-0.2, 0) is 0 Å². The van der Waals surface area contributed by atoms with Crippen LogP contribution in [0.4, 0.5) is 11.5 Å². The topological polar surface area (TPSA) is 98.5 Å². The van der Waals surface area contributed by atoms with Gasteiger partial charge in [0.1, 0.15) is 5.69 Å². The predicted octanol–water partition coefficient (Wildman–Crippen LogP) is 3.01. The Bertz CT molecular complexity index is 979. The van der Waals surface area contributed by atoms with E-state index >= 15 is 0 Å². The zero-order valence-corrected chi connectivity index (χ0v) is 13.3. The molecule has 8 nitrogen and oxygen atoms in total. The molecule has 0 fully saturated rings. The van der Waals surface area contributed by atoms with Crippen molar-refractivity contribution in [2.24, 2.45) is 4.99 Å². The molecule has 122 valence electrons. The third-order valence-electron chi connectivity index (χ3n) is 3.25. The fourth-order valence-corrected chi connectivity index (χ4v) is 2.39. The second-order valence-corrected chi connectivity index (χ2v) is 5.39. The van der Waals surface area contributed by atoms with Gasteiger partial charge in [-0.1, -0.05) is 40.7 Å². The number of hydrogen-bond acceptors (Lipinski definition) is 5. The molecule has 0 saturated carbocycles. The molecule has 9 heteroatoms. The van der Waals surface area contributed by atoms with Crippen molar-refractivity contribution in [1.82, 2.24) is 14.7 Å². The van der Waals surface area contributed by atoms with Crippen LogP contribution < -0.4 is 5.49 Å². The highest BCUT2D eigenvalue weighted by Gasteiger charge is 2.24. The van der Waals surface area contributed by atoms with E-state index in [0.717, 1.165) is 10.4 Å². The Morgan fingerprint density at radius 2 is 1.96 bits per heavy atom. The van der Waals surface area contributed by atoms with Crippen LogP contribution in [0, 0.1) is 17.0 Å². The standard InChI is InChI=1S/C15H12ClN5O3/c1-10-7-8-13(12(16)9-10)17-14-15(21(23)24)18-19(20(14)22)11-5-3-2-4-6-11/h2-9,22H,1H3. The lowest BCUT2D eigenvalue weighted by atomic mass is 10.2. The van der Waals surface area contributed by atoms with Crippen molar-refractivity contribution in [3.05, 3.63) is 74.7 Å². The molecule has 2 aromatic carbocycles. The van der Waals surface area contributed by atoms with Gasteiger partial charge in [-0.3, -0.25) is 0 Å². The van der Waals surface area contributed by atoms with Crippen molar-refractivity contribution in [3.8, 4) is 5.69 Å². The Kier molecular flexibility index (Phi) is 4.05. The van der Waals surface area contributed by atoms with E-state index in [1.54, 1.807) is 48.5 Å². The Hall–Kier alpha value is -3.13. The van der Waals surface area contributed by atoms with Crippen molar-refractivity contribution in [2.45, 2.75) is 6.92 Å².